The fourth-order valence-electron chi connectivity index (χ4n) is 2.62. The Kier molecular flexibility index (Phi) is 8.02. The minimum atomic E-state index is -3.76. The highest BCUT2D eigenvalue weighted by molar-refractivity contribution is 7.89. The topological polar surface area (TPSA) is 99.5 Å². The molecule has 2 aromatic rings. The minimum absolute atomic E-state index is 0.0605. The standard InChI is InChI=1S/C20H22ClN3O4S/c1-3-24(4-2)29(26,27)19-13-16(7-10-18(19)21)23-20(25)14-28-17-8-5-15(6-9-17)11-12-22/h5-10,13H,3-4,11,14H2,1-2H3,(H,23,25). The molecule has 7 nitrogen and oxygen atoms in total. The number of rotatable bonds is 9. The van der Waals surface area contributed by atoms with Crippen molar-refractivity contribution in [3.05, 3.63) is 53.1 Å². The van der Waals surface area contributed by atoms with Crippen LogP contribution in [0.4, 0.5) is 5.69 Å². The minimum Gasteiger partial charge on any atom is -0.484 e. The molecule has 0 aliphatic rings. The zero-order valence-electron chi connectivity index (χ0n) is 16.2. The summed E-state index contributed by atoms with van der Waals surface area (Å²) in [6.45, 7) is 3.85. The maximum absolute atomic E-state index is 12.7. The van der Waals surface area contributed by atoms with E-state index in [1.807, 2.05) is 0 Å². The molecule has 0 fully saturated rings. The van der Waals surface area contributed by atoms with Crippen LogP contribution in [0.3, 0.4) is 0 Å². The summed E-state index contributed by atoms with van der Waals surface area (Å²) in [5.74, 6) is 0.0438. The molecule has 9 heteroatoms. The Bertz CT molecular complexity index is 997. The predicted molar refractivity (Wildman–Crippen MR) is 111 cm³/mol. The fraction of sp³-hybridized carbons (Fsp3) is 0.300. The van der Waals surface area contributed by atoms with Crippen molar-refractivity contribution in [2.75, 3.05) is 25.0 Å². The van der Waals surface area contributed by atoms with Crippen LogP contribution in [0.25, 0.3) is 0 Å². The molecule has 0 radical (unpaired) electrons. The molecular weight excluding hydrogens is 414 g/mol. The van der Waals surface area contributed by atoms with Gasteiger partial charge in [0.1, 0.15) is 10.6 Å². The van der Waals surface area contributed by atoms with E-state index in [2.05, 4.69) is 11.4 Å². The van der Waals surface area contributed by atoms with E-state index in [0.717, 1.165) is 5.56 Å². The number of hydrogen-bond acceptors (Lipinski definition) is 5. The second-order valence-corrected chi connectivity index (χ2v) is 8.36. The maximum atomic E-state index is 12.7. The first-order chi connectivity index (χ1) is 13.8. The first-order valence-electron chi connectivity index (χ1n) is 9.00. The summed E-state index contributed by atoms with van der Waals surface area (Å²) >= 11 is 6.09. The van der Waals surface area contributed by atoms with Crippen LogP contribution in [0.1, 0.15) is 19.4 Å². The fourth-order valence-corrected chi connectivity index (χ4v) is 4.58. The summed E-state index contributed by atoms with van der Waals surface area (Å²) in [6.07, 6.45) is 0.302. The number of amides is 1. The van der Waals surface area contributed by atoms with Gasteiger partial charge in [0.25, 0.3) is 5.91 Å². The molecule has 0 bridgehead atoms. The molecule has 0 spiro atoms. The van der Waals surface area contributed by atoms with Crippen LogP contribution in [-0.2, 0) is 21.2 Å². The van der Waals surface area contributed by atoms with E-state index in [4.69, 9.17) is 21.6 Å². The average molecular weight is 436 g/mol. The SMILES string of the molecule is CCN(CC)S(=O)(=O)c1cc(NC(=O)COc2ccc(CC#N)cc2)ccc1Cl. The highest BCUT2D eigenvalue weighted by Gasteiger charge is 2.25. The molecule has 2 aromatic carbocycles. The molecule has 29 heavy (non-hydrogen) atoms. The Morgan fingerprint density at radius 2 is 1.83 bits per heavy atom. The average Bonchev–Trinajstić information content (AvgIpc) is 2.70. The lowest BCUT2D eigenvalue weighted by Crippen LogP contribution is -2.31. The first kappa shape index (κ1) is 22.7. The Morgan fingerprint density at radius 3 is 2.41 bits per heavy atom. The number of benzene rings is 2. The number of ether oxygens (including phenoxy) is 1. The van der Waals surface area contributed by atoms with Crippen LogP contribution in [0.2, 0.25) is 5.02 Å². The number of carbonyl (C=O) groups is 1. The number of halogens is 1. The zero-order chi connectivity index (χ0) is 21.4. The van der Waals surface area contributed by atoms with Gasteiger partial charge in [0.15, 0.2) is 6.61 Å². The van der Waals surface area contributed by atoms with Gasteiger partial charge in [0.2, 0.25) is 10.0 Å². The van der Waals surface area contributed by atoms with E-state index in [9.17, 15) is 13.2 Å². The van der Waals surface area contributed by atoms with Gasteiger partial charge in [-0.25, -0.2) is 8.42 Å². The molecule has 2 rings (SSSR count). The maximum Gasteiger partial charge on any atom is 0.262 e. The molecule has 1 amide bonds. The van der Waals surface area contributed by atoms with Crippen molar-refractivity contribution in [2.24, 2.45) is 0 Å². The lowest BCUT2D eigenvalue weighted by molar-refractivity contribution is -0.118. The van der Waals surface area contributed by atoms with E-state index in [-0.39, 0.29) is 16.5 Å². The van der Waals surface area contributed by atoms with Crippen LogP contribution in [-0.4, -0.2) is 38.3 Å². The van der Waals surface area contributed by atoms with Gasteiger partial charge in [-0.1, -0.05) is 37.6 Å². The second kappa shape index (κ2) is 10.3. The Balaban J connectivity index is 2.06. The summed E-state index contributed by atoms with van der Waals surface area (Å²) in [5, 5.41) is 11.4. The van der Waals surface area contributed by atoms with E-state index < -0.39 is 15.9 Å². The number of sulfonamides is 1. The lowest BCUT2D eigenvalue weighted by Gasteiger charge is -2.19. The van der Waals surface area contributed by atoms with Crippen LogP contribution in [0, 0.1) is 11.3 Å². The number of nitriles is 1. The largest absolute Gasteiger partial charge is 0.484 e. The number of hydrogen-bond donors (Lipinski definition) is 1. The van der Waals surface area contributed by atoms with Gasteiger partial charge in [-0.2, -0.15) is 9.57 Å². The third-order valence-corrected chi connectivity index (χ3v) is 6.65. The molecule has 0 aliphatic carbocycles. The molecule has 0 saturated heterocycles. The van der Waals surface area contributed by atoms with Crippen molar-refractivity contribution in [1.82, 2.24) is 4.31 Å². The van der Waals surface area contributed by atoms with Gasteiger partial charge in [-0.05, 0) is 35.9 Å². The van der Waals surface area contributed by atoms with E-state index >= 15 is 0 Å². The van der Waals surface area contributed by atoms with Gasteiger partial charge in [-0.15, -0.1) is 0 Å². The molecule has 0 aliphatic heterocycles. The van der Waals surface area contributed by atoms with Crippen molar-refractivity contribution < 1.29 is 17.9 Å². The van der Waals surface area contributed by atoms with Gasteiger partial charge in [0.05, 0.1) is 17.5 Å². The molecule has 0 unspecified atom stereocenters. The molecule has 0 saturated carbocycles. The van der Waals surface area contributed by atoms with Crippen LogP contribution < -0.4 is 10.1 Å². The summed E-state index contributed by atoms with van der Waals surface area (Å²) in [7, 11) is -3.76. The van der Waals surface area contributed by atoms with Crippen molar-refractivity contribution in [3.63, 3.8) is 0 Å². The van der Waals surface area contributed by atoms with Gasteiger partial charge < -0.3 is 10.1 Å². The highest BCUT2D eigenvalue weighted by Crippen LogP contribution is 2.27. The number of nitrogens with zero attached hydrogens (tertiary/aromatic N) is 2. The van der Waals surface area contributed by atoms with E-state index in [1.165, 1.54) is 22.5 Å². The van der Waals surface area contributed by atoms with Crippen LogP contribution in [0.5, 0.6) is 5.75 Å². The van der Waals surface area contributed by atoms with Crippen molar-refractivity contribution in [1.29, 1.82) is 5.26 Å². The summed E-state index contributed by atoms with van der Waals surface area (Å²) in [4.78, 5) is 12.1. The molecule has 1 N–H and O–H groups in total. The smallest absolute Gasteiger partial charge is 0.262 e. The number of nitrogens with one attached hydrogen (secondary N) is 1. The monoisotopic (exact) mass is 435 g/mol. The first-order valence-corrected chi connectivity index (χ1v) is 10.8. The Hall–Kier alpha value is -2.60. The normalized spacial score (nSPS) is 11.1. The van der Waals surface area contributed by atoms with Gasteiger partial charge >= 0.3 is 0 Å². The van der Waals surface area contributed by atoms with Gasteiger partial charge in [-0.3, -0.25) is 4.79 Å². The number of anilines is 1. The molecule has 0 atom stereocenters. The summed E-state index contributed by atoms with van der Waals surface area (Å²) in [5.41, 5.74) is 1.16. The predicted octanol–water partition coefficient (Wildman–Crippen LogP) is 3.45. The summed E-state index contributed by atoms with van der Waals surface area (Å²) in [6, 6.07) is 13.2. The van der Waals surface area contributed by atoms with Crippen LogP contribution in [0.15, 0.2) is 47.4 Å². The van der Waals surface area contributed by atoms with Crippen LogP contribution >= 0.6 is 11.6 Å². The van der Waals surface area contributed by atoms with Crippen molar-refractivity contribution in [2.45, 2.75) is 25.2 Å². The Labute approximate surface area is 175 Å². The third kappa shape index (κ3) is 5.94. The highest BCUT2D eigenvalue weighted by atomic mass is 35.5. The van der Waals surface area contributed by atoms with Gasteiger partial charge in [0, 0.05) is 18.8 Å². The van der Waals surface area contributed by atoms with Crippen molar-refractivity contribution >= 4 is 33.2 Å². The van der Waals surface area contributed by atoms with E-state index in [0.29, 0.717) is 30.9 Å². The zero-order valence-corrected chi connectivity index (χ0v) is 17.8. The van der Waals surface area contributed by atoms with Crippen molar-refractivity contribution in [3.8, 4) is 11.8 Å². The van der Waals surface area contributed by atoms with E-state index in [1.54, 1.807) is 38.1 Å². The second-order valence-electron chi connectivity index (χ2n) is 6.05. The molecule has 0 heterocycles. The number of carbonyl (C=O) groups excluding carboxylic acids is 1. The summed E-state index contributed by atoms with van der Waals surface area (Å²) < 4.78 is 32.2. The molecule has 154 valence electrons. The third-order valence-electron chi connectivity index (χ3n) is 4.11. The quantitative estimate of drug-likeness (QED) is 0.650. The molecule has 0 aromatic heterocycles. The molecular formula is C20H22ClN3O4S. The lowest BCUT2D eigenvalue weighted by atomic mass is 10.2. The Morgan fingerprint density at radius 1 is 1.17 bits per heavy atom.